The summed E-state index contributed by atoms with van der Waals surface area (Å²) in [5, 5.41) is 0. The van der Waals surface area contributed by atoms with E-state index in [9.17, 15) is 0 Å². The van der Waals surface area contributed by atoms with Gasteiger partial charge in [0.2, 0.25) is 0 Å². The van der Waals surface area contributed by atoms with Gasteiger partial charge in [0.1, 0.15) is 0 Å². The Kier molecular flexibility index (Phi) is 7.16. The van der Waals surface area contributed by atoms with Crippen molar-refractivity contribution in [3.8, 4) is 0 Å². The van der Waals surface area contributed by atoms with Crippen LogP contribution in [0, 0.1) is 0 Å². The summed E-state index contributed by atoms with van der Waals surface area (Å²) in [6.07, 6.45) is 2.29. The quantitative estimate of drug-likeness (QED) is 0.168. The van der Waals surface area contributed by atoms with E-state index in [-0.39, 0.29) is 6.71 Å². The van der Waals surface area contributed by atoms with Crippen molar-refractivity contribution in [3.05, 3.63) is 150 Å². The van der Waals surface area contributed by atoms with Crippen LogP contribution in [-0.4, -0.2) is 13.3 Å². The second-order valence-electron chi connectivity index (χ2n) is 14.5. The molecule has 0 bridgehead atoms. The van der Waals surface area contributed by atoms with Gasteiger partial charge in [-0.05, 0) is 112 Å². The summed E-state index contributed by atoms with van der Waals surface area (Å²) >= 11 is 0. The SMILES string of the molecule is CC(C)c1ccc2c(c1)N(c1ccccc1)c1cc(N(c3ccccc3)c3ccccc3)cc3c1B2c1ccc(C(C)C)c2c1N3CCC2. The Morgan fingerprint density at radius 2 is 1.22 bits per heavy atom. The summed E-state index contributed by atoms with van der Waals surface area (Å²) in [6.45, 7) is 10.5. The molecular weight excluding hydrogens is 593 g/mol. The molecule has 0 saturated heterocycles. The first-order valence-electron chi connectivity index (χ1n) is 18.0. The minimum absolute atomic E-state index is 0.154. The Balaban J connectivity index is 1.40. The first kappa shape index (κ1) is 29.9. The molecule has 0 aliphatic carbocycles. The molecule has 9 rings (SSSR count). The topological polar surface area (TPSA) is 9.72 Å². The van der Waals surface area contributed by atoms with Gasteiger partial charge >= 0.3 is 0 Å². The van der Waals surface area contributed by atoms with Crippen molar-refractivity contribution in [1.29, 1.82) is 0 Å². The van der Waals surface area contributed by atoms with Crippen molar-refractivity contribution >= 4 is 68.6 Å². The molecule has 0 N–H and O–H groups in total. The molecule has 0 unspecified atom stereocenters. The van der Waals surface area contributed by atoms with E-state index < -0.39 is 0 Å². The van der Waals surface area contributed by atoms with Crippen LogP contribution in [0.2, 0.25) is 0 Å². The molecule has 3 aliphatic heterocycles. The van der Waals surface area contributed by atoms with Crippen LogP contribution in [0.1, 0.15) is 62.6 Å². The lowest BCUT2D eigenvalue weighted by atomic mass is 9.33. The number of nitrogens with zero attached hydrogens (tertiary/aromatic N) is 3. The van der Waals surface area contributed by atoms with E-state index in [1.807, 2.05) is 0 Å². The van der Waals surface area contributed by atoms with E-state index in [1.54, 1.807) is 5.56 Å². The summed E-state index contributed by atoms with van der Waals surface area (Å²) in [7, 11) is 0. The molecule has 0 saturated carbocycles. The zero-order chi connectivity index (χ0) is 33.2. The maximum absolute atomic E-state index is 2.68. The summed E-state index contributed by atoms with van der Waals surface area (Å²) in [5.41, 5.74) is 18.7. The standard InChI is InChI=1S/C45H42BN3/c1-30(2)32-22-24-39-41(27-32)49(35-19-12-7-13-20-35)43-29-36(48(33-15-8-5-9-16-33)34-17-10-6-11-18-34)28-42-44(43)46(39)40-25-23-37(31(3)4)38-21-14-26-47(42)45(38)40/h5-13,15-20,22-25,27-31H,14,21,26H2,1-4H3. The molecule has 3 heterocycles. The molecule has 6 aromatic rings. The fourth-order valence-electron chi connectivity index (χ4n) is 8.66. The van der Waals surface area contributed by atoms with Crippen molar-refractivity contribution in [2.75, 3.05) is 21.2 Å². The van der Waals surface area contributed by atoms with Gasteiger partial charge in [-0.15, -0.1) is 0 Å². The maximum Gasteiger partial charge on any atom is 0.252 e. The molecule has 3 aliphatic rings. The first-order valence-corrected chi connectivity index (χ1v) is 18.0. The molecule has 0 aromatic heterocycles. The molecule has 0 amide bonds. The highest BCUT2D eigenvalue weighted by atomic mass is 15.2. The van der Waals surface area contributed by atoms with Crippen LogP contribution < -0.4 is 31.1 Å². The number of hydrogen-bond acceptors (Lipinski definition) is 3. The number of benzene rings is 6. The van der Waals surface area contributed by atoms with Gasteiger partial charge in [0.15, 0.2) is 0 Å². The van der Waals surface area contributed by atoms with E-state index in [1.165, 1.54) is 61.6 Å². The zero-order valence-electron chi connectivity index (χ0n) is 28.9. The van der Waals surface area contributed by atoms with Gasteiger partial charge in [0.05, 0.1) is 5.69 Å². The van der Waals surface area contributed by atoms with Crippen LogP contribution >= 0.6 is 0 Å². The summed E-state index contributed by atoms with van der Waals surface area (Å²) in [4.78, 5) is 7.66. The van der Waals surface area contributed by atoms with E-state index in [0.29, 0.717) is 11.8 Å². The highest BCUT2D eigenvalue weighted by Gasteiger charge is 2.45. The normalized spacial score (nSPS) is 14.1. The first-order chi connectivity index (χ1) is 24.0. The van der Waals surface area contributed by atoms with Gasteiger partial charge in [-0.25, -0.2) is 0 Å². The summed E-state index contributed by atoms with van der Waals surface area (Å²) < 4.78 is 0. The molecule has 49 heavy (non-hydrogen) atoms. The Morgan fingerprint density at radius 1 is 0.592 bits per heavy atom. The predicted octanol–water partition coefficient (Wildman–Crippen LogP) is 10.1. The third kappa shape index (κ3) is 4.72. The number of para-hydroxylation sites is 3. The number of fused-ring (bicyclic) bond motifs is 4. The molecule has 0 spiro atoms. The third-order valence-corrected chi connectivity index (χ3v) is 10.9. The Hall–Kier alpha value is -5.22. The van der Waals surface area contributed by atoms with E-state index in [0.717, 1.165) is 30.8 Å². The largest absolute Gasteiger partial charge is 0.342 e. The maximum atomic E-state index is 2.68. The van der Waals surface area contributed by atoms with Gasteiger partial charge in [-0.2, -0.15) is 0 Å². The van der Waals surface area contributed by atoms with Crippen molar-refractivity contribution in [3.63, 3.8) is 0 Å². The predicted molar refractivity (Wildman–Crippen MR) is 210 cm³/mol. The Morgan fingerprint density at radius 3 is 1.88 bits per heavy atom. The highest BCUT2D eigenvalue weighted by molar-refractivity contribution is 7.00. The fourth-order valence-corrected chi connectivity index (χ4v) is 8.66. The van der Waals surface area contributed by atoms with Crippen molar-refractivity contribution in [2.45, 2.75) is 52.4 Å². The summed E-state index contributed by atoms with van der Waals surface area (Å²) in [6, 6.07) is 49.8. The minimum Gasteiger partial charge on any atom is -0.342 e. The van der Waals surface area contributed by atoms with Gasteiger partial charge in [0, 0.05) is 46.4 Å². The average Bonchev–Trinajstić information content (AvgIpc) is 3.14. The smallest absolute Gasteiger partial charge is 0.252 e. The van der Waals surface area contributed by atoms with Crippen LogP contribution in [-0.2, 0) is 6.42 Å². The average molecular weight is 636 g/mol. The van der Waals surface area contributed by atoms with Crippen LogP contribution in [0.3, 0.4) is 0 Å². The van der Waals surface area contributed by atoms with Crippen molar-refractivity contribution in [2.24, 2.45) is 0 Å². The monoisotopic (exact) mass is 635 g/mol. The zero-order valence-corrected chi connectivity index (χ0v) is 28.9. The second-order valence-corrected chi connectivity index (χ2v) is 14.5. The Labute approximate surface area is 291 Å². The van der Waals surface area contributed by atoms with Gasteiger partial charge < -0.3 is 14.7 Å². The van der Waals surface area contributed by atoms with Gasteiger partial charge in [0.25, 0.3) is 6.71 Å². The van der Waals surface area contributed by atoms with Crippen molar-refractivity contribution in [1.82, 2.24) is 0 Å². The Bertz CT molecular complexity index is 2140. The van der Waals surface area contributed by atoms with E-state index in [4.69, 9.17) is 0 Å². The van der Waals surface area contributed by atoms with Crippen LogP contribution in [0.5, 0.6) is 0 Å². The van der Waals surface area contributed by atoms with E-state index in [2.05, 4.69) is 176 Å². The highest BCUT2D eigenvalue weighted by Crippen LogP contribution is 2.48. The molecule has 240 valence electrons. The number of rotatable bonds is 6. The molecule has 0 radical (unpaired) electrons. The van der Waals surface area contributed by atoms with E-state index >= 15 is 0 Å². The van der Waals surface area contributed by atoms with Crippen LogP contribution in [0.25, 0.3) is 0 Å². The van der Waals surface area contributed by atoms with Crippen LogP contribution in [0.15, 0.2) is 133 Å². The third-order valence-electron chi connectivity index (χ3n) is 10.9. The number of hydrogen-bond donors (Lipinski definition) is 0. The lowest BCUT2D eigenvalue weighted by Gasteiger charge is -2.47. The molecule has 6 aromatic carbocycles. The van der Waals surface area contributed by atoms with Crippen molar-refractivity contribution < 1.29 is 0 Å². The van der Waals surface area contributed by atoms with Gasteiger partial charge in [-0.3, -0.25) is 0 Å². The lowest BCUT2D eigenvalue weighted by Crippen LogP contribution is -2.62. The second kappa shape index (κ2) is 11.7. The van der Waals surface area contributed by atoms with Crippen LogP contribution in [0.4, 0.5) is 45.5 Å². The minimum atomic E-state index is 0.154. The fraction of sp³-hybridized carbons (Fsp3) is 0.200. The lowest BCUT2D eigenvalue weighted by molar-refractivity contribution is 0.742. The summed E-state index contributed by atoms with van der Waals surface area (Å²) in [5.74, 6) is 0.911. The molecule has 4 heteroatoms. The molecule has 0 atom stereocenters. The number of anilines is 8. The molecule has 0 fully saturated rings. The molecular formula is C45H42BN3. The molecule has 3 nitrogen and oxygen atoms in total. The van der Waals surface area contributed by atoms with Gasteiger partial charge in [-0.1, -0.05) is 107 Å².